The number of nitrogens with two attached hydrogens (primary N) is 1. The van der Waals surface area contributed by atoms with Gasteiger partial charge >= 0.3 is 12.1 Å². The molecule has 64 heavy (non-hydrogen) atoms. The predicted octanol–water partition coefficient (Wildman–Crippen LogP) is 5.58. The molecule has 2 saturated heterocycles. The Kier molecular flexibility index (Phi) is 17.9. The number of alkyl carbamates (subject to hydrolysis) is 1. The third-order valence-electron chi connectivity index (χ3n) is 12.2. The first kappa shape index (κ1) is 53.2. The molecule has 0 aromatic heterocycles. The standard InChI is InChI=1S/C43H62ClN3O14S3/c1-23-12-11-13-33(58-10)43(53)22-31(59-40(52)46-43)26(4)37-42(7,61-37)34(21-35(49)47(8)28-19-27(18-23)20-30(57-9)36(28)44)60-39(51)25(3)24(2)29(48)14-16-41(5,6)63-62-17-15-32(38(45)50)64(54,55)56/h11-13,19-20,24-26,31-34,37,53H,14-18,21-22H2,1-10H3,(H2,45,50)(H,46,52)(H,54,55,56)/b13-11+,23-12+/t24?,25-,26-,31+,32?,33-,34+,37+,42+,43+/m1/s1. The molecule has 10 atom stereocenters. The Labute approximate surface area is 388 Å². The van der Waals surface area contributed by atoms with E-state index in [0.717, 1.165) is 11.1 Å². The minimum Gasteiger partial charge on any atom is -0.495 e. The number of halogens is 1. The number of esters is 1. The molecule has 2 unspecified atom stereocenters. The smallest absolute Gasteiger partial charge is 0.409 e. The third-order valence-corrected chi connectivity index (χ3v) is 17.2. The van der Waals surface area contributed by atoms with Gasteiger partial charge in [0.05, 0.1) is 31.2 Å². The number of benzene rings is 1. The molecule has 0 saturated carbocycles. The fraction of sp³-hybridized carbons (Fsp3) is 0.651. The van der Waals surface area contributed by atoms with Gasteiger partial charge in [-0.3, -0.25) is 29.0 Å². The van der Waals surface area contributed by atoms with Crippen LogP contribution in [-0.4, -0.2) is 120 Å². The molecule has 3 amide bonds. The number of nitrogens with zero attached hydrogens (tertiary/aromatic N) is 1. The fourth-order valence-electron chi connectivity index (χ4n) is 7.82. The molecule has 3 aliphatic rings. The number of ether oxygens (including phenoxy) is 5. The molecule has 2 fully saturated rings. The van der Waals surface area contributed by atoms with Gasteiger partial charge in [0.25, 0.3) is 10.1 Å². The van der Waals surface area contributed by atoms with Crippen molar-refractivity contribution < 1.29 is 65.7 Å². The lowest BCUT2D eigenvalue weighted by Crippen LogP contribution is -2.63. The summed E-state index contributed by atoms with van der Waals surface area (Å²) in [5, 5.41) is 12.8. The third kappa shape index (κ3) is 13.2. The summed E-state index contributed by atoms with van der Waals surface area (Å²) < 4.78 is 61.2. The number of anilines is 1. The predicted molar refractivity (Wildman–Crippen MR) is 245 cm³/mol. The van der Waals surface area contributed by atoms with E-state index in [-0.39, 0.29) is 42.2 Å². The number of rotatable bonds is 16. The van der Waals surface area contributed by atoms with Gasteiger partial charge in [0, 0.05) is 49.3 Å². The maximum Gasteiger partial charge on any atom is 0.409 e. The van der Waals surface area contributed by atoms with E-state index < -0.39 is 97.5 Å². The lowest BCUT2D eigenvalue weighted by molar-refractivity contribution is -0.161. The number of nitrogens with one attached hydrogen (secondary N) is 1. The van der Waals surface area contributed by atoms with Crippen LogP contribution in [0.3, 0.4) is 0 Å². The number of amides is 3. The molecule has 0 aliphatic carbocycles. The van der Waals surface area contributed by atoms with Crippen molar-refractivity contribution in [3.63, 3.8) is 0 Å². The lowest BCUT2D eigenvalue weighted by atomic mass is 9.83. The Morgan fingerprint density at radius 1 is 1.17 bits per heavy atom. The summed E-state index contributed by atoms with van der Waals surface area (Å²) >= 11 is 6.79. The Hall–Kier alpha value is -3.37. The van der Waals surface area contributed by atoms with Crippen LogP contribution in [0.4, 0.5) is 10.5 Å². The second kappa shape index (κ2) is 21.5. The van der Waals surface area contributed by atoms with Crippen LogP contribution >= 0.6 is 33.2 Å². The number of ketones is 1. The van der Waals surface area contributed by atoms with E-state index in [1.54, 1.807) is 59.0 Å². The largest absolute Gasteiger partial charge is 0.495 e. The van der Waals surface area contributed by atoms with Crippen molar-refractivity contribution in [2.75, 3.05) is 31.9 Å². The van der Waals surface area contributed by atoms with E-state index in [1.165, 1.54) is 40.7 Å². The van der Waals surface area contributed by atoms with Crippen LogP contribution in [0.1, 0.15) is 86.1 Å². The first-order valence-corrected chi connectivity index (χ1v) is 25.1. The number of Topliss-reactive ketones (excluding diaryl/α,β-unsaturated/α-hetero) is 1. The molecule has 0 spiro atoms. The van der Waals surface area contributed by atoms with Gasteiger partial charge in [-0.2, -0.15) is 8.42 Å². The maximum absolute atomic E-state index is 14.3. The molecule has 0 radical (unpaired) electrons. The van der Waals surface area contributed by atoms with Crippen molar-refractivity contribution in [1.29, 1.82) is 0 Å². The van der Waals surface area contributed by atoms with E-state index in [1.807, 2.05) is 26.8 Å². The fourth-order valence-corrected chi connectivity index (χ4v) is 11.7. The zero-order valence-corrected chi connectivity index (χ0v) is 41.1. The molecule has 358 valence electrons. The quantitative estimate of drug-likeness (QED) is 0.0519. The molecule has 21 heteroatoms. The second-order valence-electron chi connectivity index (χ2n) is 17.6. The summed E-state index contributed by atoms with van der Waals surface area (Å²) in [5.74, 6) is -4.36. The van der Waals surface area contributed by atoms with E-state index in [0.29, 0.717) is 24.3 Å². The van der Waals surface area contributed by atoms with E-state index in [2.05, 4.69) is 5.32 Å². The Morgan fingerprint density at radius 3 is 2.45 bits per heavy atom. The summed E-state index contributed by atoms with van der Waals surface area (Å²) in [7, 11) is 2.45. The molecule has 5 N–H and O–H groups in total. The molecule has 4 bridgehead atoms. The molecule has 4 rings (SSSR count). The SMILES string of the molecule is COc1cc2cc(c1Cl)N(C)C(=O)C[C@H](OC(=O)[C@H](C)C(C)C(=O)CCC(C)(C)SSCCC(C(N)=O)S(=O)(=O)O)[C@]1(C)O[C@H]1[C@H](C)[C@@H]1C[C@@](O)(NC(=O)O1)[C@H](OC)/C=C/C=C(\C)C2. The van der Waals surface area contributed by atoms with Gasteiger partial charge < -0.3 is 39.4 Å². The van der Waals surface area contributed by atoms with E-state index in [4.69, 9.17) is 41.0 Å². The summed E-state index contributed by atoms with van der Waals surface area (Å²) in [4.78, 5) is 67.7. The Balaban J connectivity index is 1.58. The summed E-state index contributed by atoms with van der Waals surface area (Å²) in [6.07, 6.45) is 0.819. The molecule has 3 heterocycles. The lowest BCUT2D eigenvalue weighted by Gasteiger charge is -2.42. The van der Waals surface area contributed by atoms with Gasteiger partial charge in [0.2, 0.25) is 11.8 Å². The highest BCUT2D eigenvalue weighted by atomic mass is 35.5. The van der Waals surface area contributed by atoms with E-state index >= 15 is 0 Å². The van der Waals surface area contributed by atoms with Crippen LogP contribution in [0.25, 0.3) is 0 Å². The summed E-state index contributed by atoms with van der Waals surface area (Å²) in [6, 6.07) is 3.54. The van der Waals surface area contributed by atoms with Crippen molar-refractivity contribution in [2.24, 2.45) is 23.5 Å². The van der Waals surface area contributed by atoms with Crippen molar-refractivity contribution in [2.45, 2.75) is 133 Å². The zero-order chi connectivity index (χ0) is 48.1. The zero-order valence-electron chi connectivity index (χ0n) is 37.9. The van der Waals surface area contributed by atoms with Crippen LogP contribution in [0, 0.1) is 17.8 Å². The first-order chi connectivity index (χ1) is 29.7. The van der Waals surface area contributed by atoms with Gasteiger partial charge in [0.1, 0.15) is 40.5 Å². The van der Waals surface area contributed by atoms with E-state index in [9.17, 15) is 42.0 Å². The highest BCUT2D eigenvalue weighted by Crippen LogP contribution is 2.49. The van der Waals surface area contributed by atoms with Crippen LogP contribution in [0.2, 0.25) is 5.02 Å². The van der Waals surface area contributed by atoms with Gasteiger partial charge in [-0.25, -0.2) is 4.79 Å². The average Bonchev–Trinajstić information content (AvgIpc) is 3.91. The van der Waals surface area contributed by atoms with Gasteiger partial charge in [-0.15, -0.1) is 0 Å². The normalized spacial score (nSPS) is 29.4. The first-order valence-electron chi connectivity index (χ1n) is 20.9. The number of carbonyl (C=O) groups excluding carboxylic acids is 5. The van der Waals surface area contributed by atoms with Gasteiger partial charge in [-0.1, -0.05) is 77.8 Å². The van der Waals surface area contributed by atoms with Crippen molar-refractivity contribution in [3.8, 4) is 5.75 Å². The molecule has 1 aromatic rings. The number of carbonyl (C=O) groups is 5. The van der Waals surface area contributed by atoms with Crippen molar-refractivity contribution >= 4 is 78.7 Å². The van der Waals surface area contributed by atoms with Crippen LogP contribution < -0.4 is 20.7 Å². The van der Waals surface area contributed by atoms with Gasteiger partial charge in [-0.05, 0) is 64.7 Å². The Bertz CT molecular complexity index is 2100. The number of allylic oxidation sites excluding steroid dienone is 3. The van der Waals surface area contributed by atoms with Crippen LogP contribution in [0.5, 0.6) is 5.75 Å². The molecular weight excluding hydrogens is 914 g/mol. The minimum atomic E-state index is -4.64. The highest BCUT2D eigenvalue weighted by molar-refractivity contribution is 8.77. The molecule has 17 nitrogen and oxygen atoms in total. The summed E-state index contributed by atoms with van der Waals surface area (Å²) in [5.41, 5.74) is 4.01. The number of hydrogen-bond donors (Lipinski definition) is 4. The summed E-state index contributed by atoms with van der Waals surface area (Å²) in [6.45, 7) is 12.4. The number of methoxy groups -OCH3 is 2. The van der Waals surface area contributed by atoms with Crippen molar-refractivity contribution in [3.05, 3.63) is 46.5 Å². The topological polar surface area (TPSA) is 251 Å². The minimum absolute atomic E-state index is 0.0912. The van der Waals surface area contributed by atoms with Crippen LogP contribution in [-0.2, 0) is 54.7 Å². The molecule has 3 aliphatic heterocycles. The number of fused-ring (bicyclic) bond motifs is 5. The monoisotopic (exact) mass is 975 g/mol. The number of hydrogen-bond acceptors (Lipinski definition) is 15. The maximum atomic E-state index is 14.3. The average molecular weight is 977 g/mol. The van der Waals surface area contributed by atoms with Crippen molar-refractivity contribution in [1.82, 2.24) is 5.32 Å². The number of primary amides is 1. The molecular formula is C43H62ClN3O14S3. The second-order valence-corrected chi connectivity index (χ2v) is 22.7. The van der Waals surface area contributed by atoms with Crippen LogP contribution in [0.15, 0.2) is 35.9 Å². The highest BCUT2D eigenvalue weighted by Gasteiger charge is 2.64. The molecule has 1 aromatic carbocycles. The number of epoxide rings is 1. The Morgan fingerprint density at radius 2 is 1.84 bits per heavy atom. The van der Waals surface area contributed by atoms with Gasteiger partial charge in [0.15, 0.2) is 11.0 Å². The number of aliphatic hydroxyl groups is 1.